The Kier molecular flexibility index (Phi) is 4.84. The van der Waals surface area contributed by atoms with Gasteiger partial charge in [0.05, 0.1) is 18.7 Å². The summed E-state index contributed by atoms with van der Waals surface area (Å²) >= 11 is 6.46. The summed E-state index contributed by atoms with van der Waals surface area (Å²) in [6.45, 7) is 1.42. The highest BCUT2D eigenvalue weighted by atomic mass is 35.5. The molecule has 3 rings (SSSR count). The number of hydrogen-bond donors (Lipinski definition) is 1. The average molecular weight is 324 g/mol. The molecule has 0 unspecified atom stereocenters. The van der Waals surface area contributed by atoms with E-state index in [1.807, 2.05) is 6.07 Å². The quantitative estimate of drug-likeness (QED) is 0.849. The van der Waals surface area contributed by atoms with E-state index in [4.69, 9.17) is 26.8 Å². The van der Waals surface area contributed by atoms with Crippen molar-refractivity contribution in [3.63, 3.8) is 0 Å². The molecule has 2 aliphatic carbocycles. The summed E-state index contributed by atoms with van der Waals surface area (Å²) < 4.78 is 11.5. The van der Waals surface area contributed by atoms with Crippen molar-refractivity contribution in [2.75, 3.05) is 20.3 Å². The van der Waals surface area contributed by atoms with Crippen LogP contribution in [-0.4, -0.2) is 20.3 Å². The Labute approximate surface area is 138 Å². The Balaban J connectivity index is 1.92. The Hall–Kier alpha value is -0.930. The van der Waals surface area contributed by atoms with Crippen LogP contribution >= 0.6 is 11.6 Å². The molecule has 0 saturated heterocycles. The van der Waals surface area contributed by atoms with Gasteiger partial charge in [0.1, 0.15) is 0 Å². The predicted octanol–water partition coefficient (Wildman–Crippen LogP) is 4.30. The van der Waals surface area contributed by atoms with Gasteiger partial charge in [-0.05, 0) is 49.3 Å². The van der Waals surface area contributed by atoms with Crippen molar-refractivity contribution >= 4 is 11.6 Å². The Morgan fingerprint density at radius 3 is 2.55 bits per heavy atom. The maximum absolute atomic E-state index is 6.46. The van der Waals surface area contributed by atoms with Crippen LogP contribution in [-0.2, 0) is 5.41 Å². The van der Waals surface area contributed by atoms with Crippen molar-refractivity contribution in [2.24, 2.45) is 11.7 Å². The molecule has 2 saturated carbocycles. The molecule has 1 aromatic carbocycles. The normalized spacial score (nSPS) is 20.7. The fraction of sp³-hybridized carbons (Fsp3) is 0.667. The minimum atomic E-state index is 0.0475. The Morgan fingerprint density at radius 1 is 1.23 bits per heavy atom. The lowest BCUT2D eigenvalue weighted by Gasteiger charge is -2.37. The third-order valence-corrected chi connectivity index (χ3v) is 5.48. The van der Waals surface area contributed by atoms with Gasteiger partial charge < -0.3 is 15.2 Å². The molecule has 0 heterocycles. The van der Waals surface area contributed by atoms with Crippen LogP contribution < -0.4 is 15.2 Å². The summed E-state index contributed by atoms with van der Waals surface area (Å²) in [5, 5.41) is 0.629. The SMILES string of the molecule is COc1c(Cl)cc(C2(CN)CCCCC2)cc1OCC1CC1. The number of methoxy groups -OCH3 is 1. The number of nitrogens with two attached hydrogens (primary N) is 1. The molecule has 22 heavy (non-hydrogen) atoms. The van der Waals surface area contributed by atoms with Crippen LogP contribution in [0.3, 0.4) is 0 Å². The third kappa shape index (κ3) is 3.21. The summed E-state index contributed by atoms with van der Waals surface area (Å²) in [6.07, 6.45) is 8.57. The predicted molar refractivity (Wildman–Crippen MR) is 90.0 cm³/mol. The highest BCUT2D eigenvalue weighted by Gasteiger charge is 2.34. The lowest BCUT2D eigenvalue weighted by Crippen LogP contribution is -2.37. The first-order chi connectivity index (χ1) is 10.7. The molecule has 3 nitrogen and oxygen atoms in total. The van der Waals surface area contributed by atoms with Crippen LogP contribution in [0.15, 0.2) is 12.1 Å². The summed E-state index contributed by atoms with van der Waals surface area (Å²) in [4.78, 5) is 0. The van der Waals surface area contributed by atoms with E-state index >= 15 is 0 Å². The molecule has 2 aliphatic rings. The lowest BCUT2D eigenvalue weighted by atomic mass is 9.69. The minimum Gasteiger partial charge on any atom is -0.491 e. The molecule has 0 spiro atoms. The molecule has 0 amide bonds. The van der Waals surface area contributed by atoms with Gasteiger partial charge in [0.25, 0.3) is 0 Å². The van der Waals surface area contributed by atoms with Gasteiger partial charge in [-0.15, -0.1) is 0 Å². The molecule has 122 valence electrons. The molecule has 1 aromatic rings. The molecular formula is C18H26ClNO2. The fourth-order valence-electron chi connectivity index (χ4n) is 3.51. The largest absolute Gasteiger partial charge is 0.491 e. The van der Waals surface area contributed by atoms with E-state index in [1.54, 1.807) is 7.11 Å². The summed E-state index contributed by atoms with van der Waals surface area (Å²) in [7, 11) is 1.64. The van der Waals surface area contributed by atoms with Gasteiger partial charge in [-0.25, -0.2) is 0 Å². The number of hydrogen-bond acceptors (Lipinski definition) is 3. The van der Waals surface area contributed by atoms with Gasteiger partial charge in [-0.1, -0.05) is 30.9 Å². The van der Waals surface area contributed by atoms with Gasteiger partial charge in [0.2, 0.25) is 0 Å². The van der Waals surface area contributed by atoms with Crippen molar-refractivity contribution in [1.29, 1.82) is 0 Å². The van der Waals surface area contributed by atoms with E-state index in [0.717, 1.165) is 25.2 Å². The second-order valence-electron chi connectivity index (χ2n) is 6.79. The third-order valence-electron chi connectivity index (χ3n) is 5.20. The van der Waals surface area contributed by atoms with Gasteiger partial charge in [-0.3, -0.25) is 0 Å². The van der Waals surface area contributed by atoms with E-state index in [-0.39, 0.29) is 5.41 Å². The molecule has 0 atom stereocenters. The van der Waals surface area contributed by atoms with Crippen molar-refractivity contribution in [1.82, 2.24) is 0 Å². The summed E-state index contributed by atoms with van der Waals surface area (Å²) in [5.74, 6) is 2.12. The second kappa shape index (κ2) is 6.67. The van der Waals surface area contributed by atoms with Crippen molar-refractivity contribution in [3.05, 3.63) is 22.7 Å². The highest BCUT2D eigenvalue weighted by molar-refractivity contribution is 6.32. The van der Waals surface area contributed by atoms with Crippen molar-refractivity contribution in [3.8, 4) is 11.5 Å². The molecular weight excluding hydrogens is 298 g/mol. The van der Waals surface area contributed by atoms with Crippen molar-refractivity contribution in [2.45, 2.75) is 50.4 Å². The molecule has 2 fully saturated rings. The monoisotopic (exact) mass is 323 g/mol. The average Bonchev–Trinajstić information content (AvgIpc) is 3.37. The zero-order valence-electron chi connectivity index (χ0n) is 13.4. The van der Waals surface area contributed by atoms with Crippen LogP contribution in [0.2, 0.25) is 5.02 Å². The molecule has 4 heteroatoms. The van der Waals surface area contributed by atoms with E-state index in [0.29, 0.717) is 23.2 Å². The maximum atomic E-state index is 6.46. The second-order valence-corrected chi connectivity index (χ2v) is 7.20. The molecule has 2 N–H and O–H groups in total. The zero-order chi connectivity index (χ0) is 15.6. The van der Waals surface area contributed by atoms with E-state index < -0.39 is 0 Å². The highest BCUT2D eigenvalue weighted by Crippen LogP contribution is 2.45. The van der Waals surface area contributed by atoms with Gasteiger partial charge >= 0.3 is 0 Å². The van der Waals surface area contributed by atoms with Crippen LogP contribution in [0.4, 0.5) is 0 Å². The fourth-order valence-corrected chi connectivity index (χ4v) is 3.80. The molecule has 0 radical (unpaired) electrons. The maximum Gasteiger partial charge on any atom is 0.179 e. The first kappa shape index (κ1) is 15.9. The lowest BCUT2D eigenvalue weighted by molar-refractivity contribution is 0.274. The van der Waals surface area contributed by atoms with Crippen LogP contribution in [0, 0.1) is 5.92 Å². The van der Waals surface area contributed by atoms with Crippen LogP contribution in [0.5, 0.6) is 11.5 Å². The topological polar surface area (TPSA) is 44.5 Å². The Morgan fingerprint density at radius 2 is 1.95 bits per heavy atom. The number of halogens is 1. The number of rotatable bonds is 6. The summed E-state index contributed by atoms with van der Waals surface area (Å²) in [5.41, 5.74) is 7.42. The minimum absolute atomic E-state index is 0.0475. The standard InChI is InChI=1S/C18H26ClNO2/c1-21-17-15(19)9-14(10-16(17)22-11-13-5-6-13)18(12-20)7-3-2-4-8-18/h9-10,13H,2-8,11-12,20H2,1H3. The zero-order valence-corrected chi connectivity index (χ0v) is 14.1. The first-order valence-electron chi connectivity index (χ1n) is 8.39. The molecule has 0 aromatic heterocycles. The van der Waals surface area contributed by atoms with E-state index in [9.17, 15) is 0 Å². The molecule has 0 bridgehead atoms. The van der Waals surface area contributed by atoms with E-state index in [1.165, 1.54) is 37.7 Å². The Bertz CT molecular complexity index is 522. The van der Waals surface area contributed by atoms with Crippen LogP contribution in [0.25, 0.3) is 0 Å². The number of ether oxygens (including phenoxy) is 2. The van der Waals surface area contributed by atoms with Crippen LogP contribution in [0.1, 0.15) is 50.5 Å². The number of benzene rings is 1. The van der Waals surface area contributed by atoms with E-state index in [2.05, 4.69) is 6.07 Å². The summed E-state index contributed by atoms with van der Waals surface area (Å²) in [6, 6.07) is 4.15. The van der Waals surface area contributed by atoms with Gasteiger partial charge in [0.15, 0.2) is 11.5 Å². The smallest absolute Gasteiger partial charge is 0.179 e. The van der Waals surface area contributed by atoms with Crippen molar-refractivity contribution < 1.29 is 9.47 Å². The first-order valence-corrected chi connectivity index (χ1v) is 8.77. The molecule has 0 aliphatic heterocycles. The van der Waals surface area contributed by atoms with Gasteiger partial charge in [-0.2, -0.15) is 0 Å². The van der Waals surface area contributed by atoms with Gasteiger partial charge in [0, 0.05) is 12.0 Å².